The van der Waals surface area contributed by atoms with Crippen LogP contribution in [0.2, 0.25) is 0 Å². The summed E-state index contributed by atoms with van der Waals surface area (Å²) < 4.78 is 46.1. The average Bonchev–Trinajstić information content (AvgIpc) is 3.30. The van der Waals surface area contributed by atoms with E-state index in [9.17, 15) is 18.0 Å². The number of benzene rings is 2. The topological polar surface area (TPSA) is 102 Å². The van der Waals surface area contributed by atoms with Crippen LogP contribution in [0.3, 0.4) is 0 Å². The maximum absolute atomic E-state index is 13.1. The Hall–Kier alpha value is -4.58. The van der Waals surface area contributed by atoms with E-state index >= 15 is 0 Å². The Morgan fingerprint density at radius 3 is 2.47 bits per heavy atom. The van der Waals surface area contributed by atoms with Crippen molar-refractivity contribution in [1.82, 2.24) is 19.9 Å². The van der Waals surface area contributed by atoms with Gasteiger partial charge in [-0.25, -0.2) is 9.97 Å². The standard InChI is InChI=1S/C26H19F3N6O2S/c1-15(36)32-25-35-23-20(3-2-4-21(23)38-25)37-22-13-19(17-5-7-18(8-6-17)26(27,28)29)33-24(34-22)31-14-16-9-11-30-12-10-16/h2-13H,14H2,1H3,(H,31,33,34)(H,32,35,36). The van der Waals surface area contributed by atoms with Crippen molar-refractivity contribution < 1.29 is 22.7 Å². The van der Waals surface area contributed by atoms with Crippen LogP contribution in [-0.2, 0) is 17.5 Å². The third-order valence-electron chi connectivity index (χ3n) is 5.29. The van der Waals surface area contributed by atoms with E-state index in [1.807, 2.05) is 18.2 Å². The first-order valence-electron chi connectivity index (χ1n) is 11.3. The predicted molar refractivity (Wildman–Crippen MR) is 138 cm³/mol. The van der Waals surface area contributed by atoms with Crippen molar-refractivity contribution in [2.24, 2.45) is 0 Å². The molecule has 0 unspecified atom stereocenters. The number of ether oxygens (including phenoxy) is 1. The van der Waals surface area contributed by atoms with Gasteiger partial charge in [-0.3, -0.25) is 9.78 Å². The highest BCUT2D eigenvalue weighted by Gasteiger charge is 2.30. The average molecular weight is 537 g/mol. The Kier molecular flexibility index (Phi) is 6.88. The fourth-order valence-corrected chi connectivity index (χ4v) is 4.47. The fourth-order valence-electron chi connectivity index (χ4n) is 3.54. The number of carbonyl (C=O) groups is 1. The maximum atomic E-state index is 13.1. The summed E-state index contributed by atoms with van der Waals surface area (Å²) in [5, 5.41) is 6.22. The van der Waals surface area contributed by atoms with Crippen LogP contribution < -0.4 is 15.4 Å². The molecule has 0 spiro atoms. The first-order chi connectivity index (χ1) is 18.2. The molecule has 5 aromatic rings. The molecule has 3 aromatic heterocycles. The molecule has 2 aromatic carbocycles. The molecular formula is C26H19F3N6O2S. The van der Waals surface area contributed by atoms with Crippen LogP contribution >= 0.6 is 11.3 Å². The molecular weight excluding hydrogens is 517 g/mol. The third-order valence-corrected chi connectivity index (χ3v) is 6.23. The smallest absolute Gasteiger partial charge is 0.416 e. The van der Waals surface area contributed by atoms with E-state index in [1.54, 1.807) is 30.6 Å². The first kappa shape index (κ1) is 25.1. The minimum atomic E-state index is -4.45. The van der Waals surface area contributed by atoms with Gasteiger partial charge in [0.25, 0.3) is 0 Å². The van der Waals surface area contributed by atoms with Gasteiger partial charge >= 0.3 is 6.18 Å². The number of thiazole rings is 1. The highest BCUT2D eigenvalue weighted by Crippen LogP contribution is 2.36. The molecule has 0 fully saturated rings. The number of aromatic nitrogens is 4. The fraction of sp³-hybridized carbons (Fsp3) is 0.115. The van der Waals surface area contributed by atoms with Crippen molar-refractivity contribution in [2.75, 3.05) is 10.6 Å². The molecule has 0 aliphatic heterocycles. The Balaban J connectivity index is 1.50. The molecule has 192 valence electrons. The molecule has 38 heavy (non-hydrogen) atoms. The van der Waals surface area contributed by atoms with Gasteiger partial charge in [0.05, 0.1) is 16.0 Å². The van der Waals surface area contributed by atoms with E-state index in [1.165, 1.54) is 30.4 Å². The first-order valence-corrected chi connectivity index (χ1v) is 12.1. The second-order valence-electron chi connectivity index (χ2n) is 8.10. The summed E-state index contributed by atoms with van der Waals surface area (Å²) >= 11 is 1.30. The van der Waals surface area contributed by atoms with Crippen LogP contribution in [-0.4, -0.2) is 25.8 Å². The molecule has 12 heteroatoms. The molecule has 8 nitrogen and oxygen atoms in total. The summed E-state index contributed by atoms with van der Waals surface area (Å²) in [6.45, 7) is 1.79. The Morgan fingerprint density at radius 1 is 1.00 bits per heavy atom. The van der Waals surface area contributed by atoms with Crippen LogP contribution in [0.15, 0.2) is 73.1 Å². The van der Waals surface area contributed by atoms with Gasteiger partial charge < -0.3 is 15.4 Å². The van der Waals surface area contributed by atoms with E-state index in [0.717, 1.165) is 22.4 Å². The second-order valence-corrected chi connectivity index (χ2v) is 9.13. The van der Waals surface area contributed by atoms with Crippen molar-refractivity contribution in [3.63, 3.8) is 0 Å². The largest absolute Gasteiger partial charge is 0.437 e. The molecule has 0 saturated heterocycles. The van der Waals surface area contributed by atoms with E-state index in [4.69, 9.17) is 4.74 Å². The monoisotopic (exact) mass is 536 g/mol. The van der Waals surface area contributed by atoms with Gasteiger partial charge in [-0.2, -0.15) is 18.2 Å². The number of para-hydroxylation sites is 1. The highest BCUT2D eigenvalue weighted by molar-refractivity contribution is 7.22. The summed E-state index contributed by atoms with van der Waals surface area (Å²) in [7, 11) is 0. The van der Waals surface area contributed by atoms with Crippen LogP contribution in [0, 0.1) is 0 Å². The van der Waals surface area contributed by atoms with Crippen LogP contribution in [0.4, 0.5) is 24.3 Å². The maximum Gasteiger partial charge on any atom is 0.416 e. The number of halogens is 3. The van der Waals surface area contributed by atoms with Crippen molar-refractivity contribution in [1.29, 1.82) is 0 Å². The van der Waals surface area contributed by atoms with Crippen LogP contribution in [0.5, 0.6) is 11.6 Å². The zero-order valence-electron chi connectivity index (χ0n) is 19.8. The number of pyridine rings is 1. The predicted octanol–water partition coefficient (Wildman–Crippen LogP) is 6.53. The van der Waals surface area contributed by atoms with Gasteiger partial charge in [-0.15, -0.1) is 0 Å². The SMILES string of the molecule is CC(=O)Nc1nc2c(Oc3cc(-c4ccc(C(F)(F)F)cc4)nc(NCc4ccncc4)n3)cccc2s1. The van der Waals surface area contributed by atoms with E-state index in [0.29, 0.717) is 34.2 Å². The molecule has 1 amide bonds. The summed E-state index contributed by atoms with van der Waals surface area (Å²) in [6, 6.07) is 15.3. The number of rotatable bonds is 7. The van der Waals surface area contributed by atoms with Gasteiger partial charge in [0.2, 0.25) is 17.7 Å². The van der Waals surface area contributed by atoms with Gasteiger partial charge in [-0.1, -0.05) is 29.5 Å². The number of fused-ring (bicyclic) bond motifs is 1. The lowest BCUT2D eigenvalue weighted by Crippen LogP contribution is -2.06. The van der Waals surface area contributed by atoms with E-state index in [-0.39, 0.29) is 17.7 Å². The number of anilines is 2. The normalized spacial score (nSPS) is 11.4. The molecule has 3 heterocycles. The molecule has 0 saturated carbocycles. The minimum absolute atomic E-state index is 0.161. The molecule has 0 bridgehead atoms. The van der Waals surface area contributed by atoms with Crippen molar-refractivity contribution in [3.8, 4) is 22.9 Å². The third kappa shape index (κ3) is 5.86. The molecule has 5 rings (SSSR count). The number of amides is 1. The Labute approximate surface area is 218 Å². The lowest BCUT2D eigenvalue weighted by atomic mass is 10.1. The molecule has 0 aliphatic rings. The number of alkyl halides is 3. The van der Waals surface area contributed by atoms with Crippen molar-refractivity contribution in [2.45, 2.75) is 19.6 Å². The van der Waals surface area contributed by atoms with Crippen molar-refractivity contribution in [3.05, 3.63) is 84.2 Å². The lowest BCUT2D eigenvalue weighted by molar-refractivity contribution is -0.137. The molecule has 0 radical (unpaired) electrons. The number of hydrogen-bond acceptors (Lipinski definition) is 8. The summed E-state index contributed by atoms with van der Waals surface area (Å²) in [5.41, 5.74) is 1.53. The highest BCUT2D eigenvalue weighted by atomic mass is 32.1. The van der Waals surface area contributed by atoms with Crippen molar-refractivity contribution >= 4 is 38.5 Å². The lowest BCUT2D eigenvalue weighted by Gasteiger charge is -2.12. The van der Waals surface area contributed by atoms with E-state index < -0.39 is 11.7 Å². The van der Waals surface area contributed by atoms with Gasteiger partial charge in [0, 0.05) is 37.5 Å². The number of nitrogens with zero attached hydrogens (tertiary/aromatic N) is 4. The molecule has 0 atom stereocenters. The number of nitrogens with one attached hydrogen (secondary N) is 2. The quantitative estimate of drug-likeness (QED) is 0.244. The van der Waals surface area contributed by atoms with Crippen LogP contribution in [0.25, 0.3) is 21.5 Å². The zero-order chi connectivity index (χ0) is 26.7. The summed E-state index contributed by atoms with van der Waals surface area (Å²) in [4.78, 5) is 28.8. The van der Waals surface area contributed by atoms with E-state index in [2.05, 4.69) is 30.6 Å². The molecule has 0 aliphatic carbocycles. The van der Waals surface area contributed by atoms with Gasteiger partial charge in [0.1, 0.15) is 5.52 Å². The number of hydrogen-bond donors (Lipinski definition) is 2. The number of carbonyl (C=O) groups excluding carboxylic acids is 1. The van der Waals surface area contributed by atoms with Gasteiger partial charge in [0.15, 0.2) is 10.9 Å². The summed E-state index contributed by atoms with van der Waals surface area (Å²) in [5.74, 6) is 0.535. The molecule has 2 N–H and O–H groups in total. The van der Waals surface area contributed by atoms with Gasteiger partial charge in [-0.05, 0) is 42.0 Å². The second kappa shape index (κ2) is 10.4. The Bertz CT molecular complexity index is 1590. The zero-order valence-corrected chi connectivity index (χ0v) is 20.6. The Morgan fingerprint density at radius 2 is 1.76 bits per heavy atom. The summed E-state index contributed by atoms with van der Waals surface area (Å²) in [6.07, 6.45) is -1.12. The minimum Gasteiger partial charge on any atom is -0.437 e. The van der Waals surface area contributed by atoms with Crippen LogP contribution in [0.1, 0.15) is 18.1 Å².